The van der Waals surface area contributed by atoms with Gasteiger partial charge in [0.05, 0.1) is 18.3 Å². The van der Waals surface area contributed by atoms with Gasteiger partial charge in [0.2, 0.25) is 0 Å². The van der Waals surface area contributed by atoms with E-state index in [9.17, 15) is 29.0 Å². The van der Waals surface area contributed by atoms with Crippen molar-refractivity contribution in [2.45, 2.75) is 11.4 Å². The van der Waals surface area contributed by atoms with E-state index in [1.807, 2.05) is 0 Å². The normalized spacial score (nSPS) is 17.9. The fourth-order valence-corrected chi connectivity index (χ4v) is 3.09. The van der Waals surface area contributed by atoms with Crippen molar-refractivity contribution in [2.24, 2.45) is 0 Å². The Hall–Kier alpha value is -2.43. The third-order valence-corrected chi connectivity index (χ3v) is 4.73. The minimum Gasteiger partial charge on any atom is -0.305 e. The number of carbonyl (C=O) groups is 2. The summed E-state index contributed by atoms with van der Waals surface area (Å²) in [7, 11) is -9.76. The molecule has 0 atom stereocenters. The summed E-state index contributed by atoms with van der Waals surface area (Å²) in [5.74, 6) is -0.638. The van der Waals surface area contributed by atoms with Crippen LogP contribution in [0.2, 0.25) is 0 Å². The number of carbonyl (C=O) groups excluding carboxylic acids is 2. The predicted molar refractivity (Wildman–Crippen MR) is 77.1 cm³/mol. The maximum atomic E-state index is 12.7. The van der Waals surface area contributed by atoms with Crippen LogP contribution in [0.1, 0.15) is 20.8 Å². The average Bonchev–Trinajstić information content (AvgIpc) is 2.89. The molecule has 0 saturated carbocycles. The Morgan fingerprint density at radius 2 is 1.67 bits per heavy atom. The second kappa shape index (κ2) is 4.35. The minimum absolute atomic E-state index is 0.00744. The van der Waals surface area contributed by atoms with Gasteiger partial charge >= 0.3 is 10.2 Å². The van der Waals surface area contributed by atoms with Gasteiger partial charge in [-0.05, 0) is 24.3 Å². The highest BCUT2D eigenvalue weighted by Crippen LogP contribution is 3.02. The highest BCUT2D eigenvalue weighted by atomic mass is 32.5. The van der Waals surface area contributed by atoms with E-state index < -0.39 is 21.0 Å². The number of hydrogen-bond acceptors (Lipinski definition) is 3. The molecule has 130 valence electrons. The second-order valence-electron chi connectivity index (χ2n) is 5.21. The quantitative estimate of drug-likeness (QED) is 0.608. The van der Waals surface area contributed by atoms with Gasteiger partial charge in [-0.2, -0.15) is 5.10 Å². The molecule has 11 heteroatoms. The van der Waals surface area contributed by atoms with E-state index >= 15 is 0 Å². The van der Waals surface area contributed by atoms with Crippen LogP contribution in [-0.4, -0.2) is 28.5 Å². The zero-order valence-corrected chi connectivity index (χ0v) is 12.7. The molecular formula is C13H10F5N3O2S. The van der Waals surface area contributed by atoms with Crippen molar-refractivity contribution in [2.75, 3.05) is 11.4 Å². The molecule has 0 unspecified atom stereocenters. The van der Waals surface area contributed by atoms with Gasteiger partial charge in [0.1, 0.15) is 10.6 Å². The molecule has 1 aliphatic rings. The van der Waals surface area contributed by atoms with E-state index in [0.717, 1.165) is 17.0 Å². The number of nitrogens with zero attached hydrogens (tertiary/aromatic N) is 3. The van der Waals surface area contributed by atoms with E-state index in [-0.39, 0.29) is 42.2 Å². The van der Waals surface area contributed by atoms with Gasteiger partial charge in [0.15, 0.2) is 6.29 Å². The summed E-state index contributed by atoms with van der Waals surface area (Å²) in [6.45, 7) is 0.305. The van der Waals surface area contributed by atoms with Crippen molar-refractivity contribution in [1.82, 2.24) is 9.78 Å². The van der Waals surface area contributed by atoms with Gasteiger partial charge in [0.25, 0.3) is 5.91 Å². The van der Waals surface area contributed by atoms with Crippen molar-refractivity contribution in [1.29, 1.82) is 0 Å². The van der Waals surface area contributed by atoms with Crippen molar-refractivity contribution in [3.63, 3.8) is 0 Å². The van der Waals surface area contributed by atoms with Crippen LogP contribution in [0.3, 0.4) is 0 Å². The number of halogens is 5. The van der Waals surface area contributed by atoms with Crippen LogP contribution in [-0.2, 0) is 6.54 Å². The number of fused-ring (bicyclic) bond motifs is 1. The van der Waals surface area contributed by atoms with Crippen molar-refractivity contribution < 1.29 is 29.0 Å². The third-order valence-electron chi connectivity index (χ3n) is 3.57. The van der Waals surface area contributed by atoms with Crippen LogP contribution < -0.4 is 4.90 Å². The Bertz CT molecular complexity index is 845. The first-order chi connectivity index (χ1) is 10.9. The Kier molecular flexibility index (Phi) is 2.98. The van der Waals surface area contributed by atoms with Gasteiger partial charge in [-0.1, -0.05) is 19.4 Å². The van der Waals surface area contributed by atoms with Gasteiger partial charge in [-0.25, -0.2) is 0 Å². The van der Waals surface area contributed by atoms with Crippen LogP contribution >= 0.6 is 10.2 Å². The topological polar surface area (TPSA) is 55.2 Å². The van der Waals surface area contributed by atoms with Gasteiger partial charge in [-0.3, -0.25) is 14.3 Å². The highest BCUT2D eigenvalue weighted by Gasteiger charge is 2.65. The molecule has 1 aliphatic heterocycles. The molecule has 0 fully saturated rings. The van der Waals surface area contributed by atoms with Crippen LogP contribution in [0.4, 0.5) is 25.1 Å². The second-order valence-corrected chi connectivity index (χ2v) is 7.62. The van der Waals surface area contributed by atoms with Gasteiger partial charge < -0.3 is 4.90 Å². The number of benzene rings is 1. The summed E-state index contributed by atoms with van der Waals surface area (Å²) in [6.07, 6.45) is 1.65. The summed E-state index contributed by atoms with van der Waals surface area (Å²) >= 11 is 0. The maximum Gasteiger partial charge on any atom is 0.310 e. The summed E-state index contributed by atoms with van der Waals surface area (Å²) in [4.78, 5) is 22.4. The van der Waals surface area contributed by atoms with Crippen LogP contribution in [0.25, 0.3) is 0 Å². The molecule has 0 radical (unpaired) electrons. The van der Waals surface area contributed by atoms with Crippen molar-refractivity contribution in [3.05, 3.63) is 41.7 Å². The Labute approximate surface area is 132 Å². The molecule has 0 spiro atoms. The highest BCUT2D eigenvalue weighted by molar-refractivity contribution is 8.45. The molecule has 2 aromatic rings. The molecule has 24 heavy (non-hydrogen) atoms. The first kappa shape index (κ1) is 16.4. The molecule has 0 aliphatic carbocycles. The summed E-state index contributed by atoms with van der Waals surface area (Å²) < 4.78 is 64.9. The standard InChI is InChI=1S/C13H10F5N3O2S/c14-24(15,16,17,18)11-3-1-10(2-4-11)20-5-6-21-12(13(20)23)9(8-22)7-19-21/h1-4,7-8H,5-6H2. The number of hydrogen-bond donors (Lipinski definition) is 0. The number of aldehydes is 1. The first-order valence-electron chi connectivity index (χ1n) is 6.58. The molecule has 0 bridgehead atoms. The third kappa shape index (κ3) is 2.75. The largest absolute Gasteiger partial charge is 0.310 e. The SMILES string of the molecule is O=Cc1cnn2c1C(=O)N(c1ccc(S(F)(F)(F)(F)F)cc1)CC2. The lowest BCUT2D eigenvalue weighted by Gasteiger charge is -2.40. The Balaban J connectivity index is 1.97. The molecule has 1 aromatic carbocycles. The molecule has 1 amide bonds. The molecule has 0 saturated heterocycles. The molecule has 0 N–H and O–H groups in total. The van der Waals surface area contributed by atoms with E-state index in [0.29, 0.717) is 6.29 Å². The maximum absolute atomic E-state index is 12.7. The minimum atomic E-state index is -9.76. The molecular weight excluding hydrogens is 357 g/mol. The lowest BCUT2D eigenvalue weighted by Crippen LogP contribution is -2.41. The summed E-state index contributed by atoms with van der Waals surface area (Å²) in [5.41, 5.74) is 0.0799. The number of anilines is 1. The van der Waals surface area contributed by atoms with Crippen molar-refractivity contribution >= 4 is 28.1 Å². The van der Waals surface area contributed by atoms with Crippen LogP contribution in [0, 0.1) is 0 Å². The smallest absolute Gasteiger partial charge is 0.305 e. The molecule has 1 aromatic heterocycles. The van der Waals surface area contributed by atoms with Crippen LogP contribution in [0.15, 0.2) is 35.4 Å². The molecule has 5 nitrogen and oxygen atoms in total. The predicted octanol–water partition coefficient (Wildman–Crippen LogP) is 4.01. The van der Waals surface area contributed by atoms with Gasteiger partial charge in [0, 0.05) is 12.2 Å². The molecule has 3 rings (SSSR count). The van der Waals surface area contributed by atoms with Crippen LogP contribution in [0.5, 0.6) is 0 Å². The Morgan fingerprint density at radius 1 is 1.04 bits per heavy atom. The number of amides is 1. The van der Waals surface area contributed by atoms with E-state index in [1.54, 1.807) is 0 Å². The lowest BCUT2D eigenvalue weighted by atomic mass is 10.2. The summed E-state index contributed by atoms with van der Waals surface area (Å²) in [6, 6.07) is 2.10. The summed E-state index contributed by atoms with van der Waals surface area (Å²) in [5, 5.41) is 3.87. The van der Waals surface area contributed by atoms with Gasteiger partial charge in [-0.15, -0.1) is 0 Å². The average molecular weight is 367 g/mol. The fourth-order valence-electron chi connectivity index (χ4n) is 2.44. The zero-order chi connectivity index (χ0) is 17.8. The fraction of sp³-hybridized carbons (Fsp3) is 0.154. The zero-order valence-electron chi connectivity index (χ0n) is 11.8. The number of aromatic nitrogens is 2. The number of rotatable bonds is 3. The first-order valence-corrected chi connectivity index (χ1v) is 8.53. The van der Waals surface area contributed by atoms with E-state index in [4.69, 9.17) is 0 Å². The monoisotopic (exact) mass is 367 g/mol. The molecule has 2 heterocycles. The van der Waals surface area contributed by atoms with Crippen molar-refractivity contribution in [3.8, 4) is 0 Å². The Morgan fingerprint density at radius 3 is 2.21 bits per heavy atom. The van der Waals surface area contributed by atoms with E-state index in [1.165, 1.54) is 10.9 Å². The lowest BCUT2D eigenvalue weighted by molar-refractivity contribution is 0.0956. The van der Waals surface area contributed by atoms with E-state index in [2.05, 4.69) is 5.10 Å².